The molecule has 2 aromatic rings. The van der Waals surface area contributed by atoms with Crippen molar-refractivity contribution in [2.24, 2.45) is 0 Å². The molecular formula is C20H32N4+2. The summed E-state index contributed by atoms with van der Waals surface area (Å²) in [7, 11) is 0. The number of pyridine rings is 2. The number of aromatic nitrogens is 2. The monoisotopic (exact) mass is 328 g/mol. The van der Waals surface area contributed by atoms with Crippen LogP contribution in [0.1, 0.15) is 39.5 Å². The first kappa shape index (κ1) is 18.2. The minimum Gasteiger partial charge on any atom is -0.385 e. The molecule has 2 rings (SSSR count). The second-order valence-corrected chi connectivity index (χ2v) is 6.21. The third-order valence-corrected chi connectivity index (χ3v) is 4.02. The van der Waals surface area contributed by atoms with Crippen LogP contribution in [0.4, 0.5) is 11.4 Å². The van der Waals surface area contributed by atoms with E-state index in [-0.39, 0.29) is 0 Å². The predicted octanol–water partition coefficient (Wildman–Crippen LogP) is 3.39. The zero-order valence-electron chi connectivity index (χ0n) is 15.2. The maximum absolute atomic E-state index is 3.41. The standard InChI is InChI=1S/C20H30N4/c1-3-11-21-19-7-15-23(16-8-19)13-5-6-14-24-17-9-20(10-18-24)22-12-4-2/h7-10,15-18H,3-6,11-14H2,1-2H3/p+2. The van der Waals surface area contributed by atoms with Gasteiger partial charge in [-0.1, -0.05) is 13.8 Å². The minimum atomic E-state index is 1.04. The summed E-state index contributed by atoms with van der Waals surface area (Å²) in [4.78, 5) is 0. The zero-order chi connectivity index (χ0) is 17.0. The van der Waals surface area contributed by atoms with Crippen molar-refractivity contribution in [3.05, 3.63) is 49.1 Å². The van der Waals surface area contributed by atoms with Gasteiger partial charge in [0.25, 0.3) is 0 Å². The van der Waals surface area contributed by atoms with E-state index in [0.29, 0.717) is 0 Å². The Morgan fingerprint density at radius 2 is 1.04 bits per heavy atom. The second kappa shape index (κ2) is 10.6. The molecule has 0 unspecified atom stereocenters. The largest absolute Gasteiger partial charge is 0.385 e. The van der Waals surface area contributed by atoms with Gasteiger partial charge in [-0.25, -0.2) is 9.13 Å². The molecule has 2 heterocycles. The Balaban J connectivity index is 1.67. The minimum absolute atomic E-state index is 1.04. The molecule has 0 radical (unpaired) electrons. The molecule has 0 saturated carbocycles. The lowest BCUT2D eigenvalue weighted by atomic mass is 10.3. The number of nitrogens with one attached hydrogen (secondary N) is 2. The van der Waals surface area contributed by atoms with Crippen LogP contribution in [0, 0.1) is 0 Å². The second-order valence-electron chi connectivity index (χ2n) is 6.21. The summed E-state index contributed by atoms with van der Waals surface area (Å²) in [5, 5.41) is 6.81. The Morgan fingerprint density at radius 1 is 0.667 bits per heavy atom. The molecule has 4 heteroatoms. The Hall–Kier alpha value is -2.10. The van der Waals surface area contributed by atoms with Gasteiger partial charge in [-0.2, -0.15) is 0 Å². The molecule has 0 amide bonds. The third-order valence-electron chi connectivity index (χ3n) is 4.02. The first-order valence-electron chi connectivity index (χ1n) is 9.27. The molecule has 2 aromatic heterocycles. The van der Waals surface area contributed by atoms with Gasteiger partial charge in [0.1, 0.15) is 13.1 Å². The van der Waals surface area contributed by atoms with Crippen molar-refractivity contribution in [2.75, 3.05) is 23.7 Å². The van der Waals surface area contributed by atoms with Crippen LogP contribution >= 0.6 is 0 Å². The van der Waals surface area contributed by atoms with E-state index in [0.717, 1.165) is 39.0 Å². The van der Waals surface area contributed by atoms with Gasteiger partial charge < -0.3 is 10.6 Å². The van der Waals surface area contributed by atoms with E-state index in [1.54, 1.807) is 0 Å². The van der Waals surface area contributed by atoms with Crippen LogP contribution in [0.3, 0.4) is 0 Å². The van der Waals surface area contributed by atoms with E-state index >= 15 is 0 Å². The Labute approximate surface area is 146 Å². The molecule has 0 aromatic carbocycles. The fourth-order valence-electron chi connectivity index (χ4n) is 2.58. The molecule has 0 spiro atoms. The molecule has 2 N–H and O–H groups in total. The van der Waals surface area contributed by atoms with E-state index in [1.807, 2.05) is 0 Å². The highest BCUT2D eigenvalue weighted by Gasteiger charge is 2.04. The van der Waals surface area contributed by atoms with Gasteiger partial charge in [0, 0.05) is 61.6 Å². The van der Waals surface area contributed by atoms with Crippen LogP contribution in [0.15, 0.2) is 49.1 Å². The highest BCUT2D eigenvalue weighted by atomic mass is 15.0. The maximum Gasteiger partial charge on any atom is 0.170 e. The van der Waals surface area contributed by atoms with Crippen molar-refractivity contribution in [1.82, 2.24) is 0 Å². The predicted molar refractivity (Wildman–Crippen MR) is 100 cm³/mol. The first-order valence-corrected chi connectivity index (χ1v) is 9.27. The Kier molecular flexibility index (Phi) is 8.08. The van der Waals surface area contributed by atoms with Crippen molar-refractivity contribution < 1.29 is 9.13 Å². The third kappa shape index (κ3) is 6.57. The fourth-order valence-corrected chi connectivity index (χ4v) is 2.58. The van der Waals surface area contributed by atoms with E-state index in [2.05, 4.69) is 82.7 Å². The van der Waals surface area contributed by atoms with Crippen molar-refractivity contribution in [1.29, 1.82) is 0 Å². The van der Waals surface area contributed by atoms with Crippen LogP contribution in [0.25, 0.3) is 0 Å². The van der Waals surface area contributed by atoms with Gasteiger partial charge in [0.05, 0.1) is 0 Å². The number of unbranched alkanes of at least 4 members (excludes halogenated alkanes) is 1. The SMILES string of the molecule is CCCNc1cc[n+](CCCC[n+]2ccc(NCCC)cc2)cc1. The molecular weight excluding hydrogens is 296 g/mol. The van der Waals surface area contributed by atoms with E-state index in [9.17, 15) is 0 Å². The highest BCUT2D eigenvalue weighted by molar-refractivity contribution is 5.40. The van der Waals surface area contributed by atoms with Gasteiger partial charge in [-0.15, -0.1) is 0 Å². The zero-order valence-corrected chi connectivity index (χ0v) is 15.2. The number of anilines is 2. The summed E-state index contributed by atoms with van der Waals surface area (Å²) in [5.74, 6) is 0. The van der Waals surface area contributed by atoms with Gasteiger partial charge in [-0.05, 0) is 12.8 Å². The van der Waals surface area contributed by atoms with Crippen LogP contribution in [0.2, 0.25) is 0 Å². The van der Waals surface area contributed by atoms with Gasteiger partial charge >= 0.3 is 0 Å². The van der Waals surface area contributed by atoms with Gasteiger partial charge in [-0.3, -0.25) is 0 Å². The van der Waals surface area contributed by atoms with Crippen molar-refractivity contribution >= 4 is 11.4 Å². The molecule has 24 heavy (non-hydrogen) atoms. The quantitative estimate of drug-likeness (QED) is 0.489. The van der Waals surface area contributed by atoms with Crippen LogP contribution in [-0.2, 0) is 13.1 Å². The lowest BCUT2D eigenvalue weighted by molar-refractivity contribution is -0.708. The molecule has 0 aliphatic heterocycles. The smallest absolute Gasteiger partial charge is 0.170 e. The number of hydrogen-bond acceptors (Lipinski definition) is 2. The van der Waals surface area contributed by atoms with Crippen molar-refractivity contribution in [2.45, 2.75) is 52.6 Å². The Morgan fingerprint density at radius 3 is 1.38 bits per heavy atom. The molecule has 0 aliphatic rings. The van der Waals surface area contributed by atoms with Crippen LogP contribution in [0.5, 0.6) is 0 Å². The highest BCUT2D eigenvalue weighted by Crippen LogP contribution is 2.03. The molecule has 0 bridgehead atoms. The number of rotatable bonds is 11. The summed E-state index contributed by atoms with van der Waals surface area (Å²) in [5.41, 5.74) is 2.42. The van der Waals surface area contributed by atoms with Crippen molar-refractivity contribution in [3.63, 3.8) is 0 Å². The van der Waals surface area contributed by atoms with E-state index in [4.69, 9.17) is 0 Å². The number of aryl methyl sites for hydroxylation is 2. The maximum atomic E-state index is 3.41. The molecule has 4 nitrogen and oxygen atoms in total. The first-order chi connectivity index (χ1) is 11.8. The summed E-state index contributed by atoms with van der Waals surface area (Å²) >= 11 is 0. The number of nitrogens with zero attached hydrogens (tertiary/aromatic N) is 2. The molecule has 0 atom stereocenters. The van der Waals surface area contributed by atoms with E-state index < -0.39 is 0 Å². The summed E-state index contributed by atoms with van der Waals surface area (Å²) in [6.45, 7) is 8.59. The molecule has 130 valence electrons. The summed E-state index contributed by atoms with van der Waals surface area (Å²) in [6, 6.07) is 8.64. The molecule has 0 saturated heterocycles. The normalized spacial score (nSPS) is 10.6. The summed E-state index contributed by atoms with van der Waals surface area (Å²) in [6.07, 6.45) is 13.4. The topological polar surface area (TPSA) is 31.8 Å². The van der Waals surface area contributed by atoms with Crippen LogP contribution < -0.4 is 19.8 Å². The van der Waals surface area contributed by atoms with Gasteiger partial charge in [0.15, 0.2) is 24.8 Å². The lowest BCUT2D eigenvalue weighted by Gasteiger charge is -2.04. The number of hydrogen-bond donors (Lipinski definition) is 2. The Bertz CT molecular complexity index is 510. The average molecular weight is 329 g/mol. The average Bonchev–Trinajstić information content (AvgIpc) is 2.64. The lowest BCUT2D eigenvalue weighted by Crippen LogP contribution is -2.35. The molecule has 0 fully saturated rings. The van der Waals surface area contributed by atoms with Crippen LogP contribution in [-0.4, -0.2) is 13.1 Å². The van der Waals surface area contributed by atoms with E-state index in [1.165, 1.54) is 24.2 Å². The summed E-state index contributed by atoms with van der Waals surface area (Å²) < 4.78 is 4.53. The van der Waals surface area contributed by atoms with Gasteiger partial charge in [0.2, 0.25) is 0 Å². The fraction of sp³-hybridized carbons (Fsp3) is 0.500. The van der Waals surface area contributed by atoms with Crippen molar-refractivity contribution in [3.8, 4) is 0 Å². The molecule has 0 aliphatic carbocycles.